The Kier molecular flexibility index (Phi) is 5.93. The lowest BCUT2D eigenvalue weighted by molar-refractivity contribution is 0.0594. The van der Waals surface area contributed by atoms with Gasteiger partial charge in [-0.3, -0.25) is 4.79 Å². The molecule has 0 spiro atoms. The Labute approximate surface area is 195 Å². The first-order valence-corrected chi connectivity index (χ1v) is 12.8. The van der Waals surface area contributed by atoms with Gasteiger partial charge in [0.05, 0.1) is 5.69 Å². The smallest absolute Gasteiger partial charge is 0.250 e. The summed E-state index contributed by atoms with van der Waals surface area (Å²) in [7, 11) is 0. The third kappa shape index (κ3) is 4.85. The zero-order valence-electron chi connectivity index (χ0n) is 19.3. The van der Waals surface area contributed by atoms with Crippen molar-refractivity contribution in [3.05, 3.63) is 40.8 Å². The lowest BCUT2D eigenvalue weighted by Gasteiger charge is -2.27. The first-order chi connectivity index (χ1) is 16.2. The van der Waals surface area contributed by atoms with Crippen molar-refractivity contribution in [1.29, 1.82) is 0 Å². The van der Waals surface area contributed by atoms with Crippen LogP contribution in [-0.4, -0.2) is 46.6 Å². The van der Waals surface area contributed by atoms with Crippen LogP contribution in [0, 0.1) is 23.7 Å². The van der Waals surface area contributed by atoms with E-state index < -0.39 is 0 Å². The average Bonchev–Trinajstić information content (AvgIpc) is 3.46. The molecule has 2 N–H and O–H groups in total. The molecule has 0 amide bonds. The van der Waals surface area contributed by atoms with Crippen molar-refractivity contribution < 1.29 is 4.74 Å². The van der Waals surface area contributed by atoms with Crippen LogP contribution in [0.15, 0.2) is 35.3 Å². The summed E-state index contributed by atoms with van der Waals surface area (Å²) in [6.07, 6.45) is 10.5. The van der Waals surface area contributed by atoms with Gasteiger partial charge in [0.1, 0.15) is 5.82 Å². The lowest BCUT2D eigenvalue weighted by Crippen LogP contribution is -2.33. The monoisotopic (exact) mass is 449 g/mol. The topological polar surface area (TPSA) is 81.1 Å². The molecule has 2 aliphatic carbocycles. The zero-order valence-corrected chi connectivity index (χ0v) is 19.3. The molecule has 176 valence electrons. The lowest BCUT2D eigenvalue weighted by atomic mass is 9.85. The van der Waals surface area contributed by atoms with Crippen molar-refractivity contribution in [3.8, 4) is 11.3 Å². The fourth-order valence-electron chi connectivity index (χ4n) is 6.23. The summed E-state index contributed by atoms with van der Waals surface area (Å²) < 4.78 is 7.36. The molecule has 4 heterocycles. The van der Waals surface area contributed by atoms with Crippen molar-refractivity contribution >= 4 is 5.82 Å². The highest BCUT2D eigenvalue weighted by Crippen LogP contribution is 2.41. The zero-order chi connectivity index (χ0) is 22.2. The molecule has 0 radical (unpaired) electrons. The summed E-state index contributed by atoms with van der Waals surface area (Å²) in [5.41, 5.74) is 1.83. The number of fused-ring (bicyclic) bond motifs is 1. The van der Waals surface area contributed by atoms with Gasteiger partial charge in [-0.05, 0) is 93.4 Å². The van der Waals surface area contributed by atoms with Crippen LogP contribution in [0.3, 0.4) is 0 Å². The second-order valence-corrected chi connectivity index (χ2v) is 10.7. The number of pyridine rings is 1. The van der Waals surface area contributed by atoms with Crippen LogP contribution >= 0.6 is 0 Å². The Morgan fingerprint density at radius 3 is 2.70 bits per heavy atom. The Morgan fingerprint density at radius 2 is 1.91 bits per heavy atom. The van der Waals surface area contributed by atoms with Crippen LogP contribution in [0.1, 0.15) is 44.9 Å². The third-order valence-corrected chi connectivity index (χ3v) is 8.28. The van der Waals surface area contributed by atoms with E-state index >= 15 is 0 Å². The van der Waals surface area contributed by atoms with Crippen molar-refractivity contribution in [2.75, 3.05) is 25.1 Å². The molecular formula is C26H35N5O2. The van der Waals surface area contributed by atoms with E-state index in [1.54, 1.807) is 6.07 Å². The fraction of sp³-hybridized carbons (Fsp3) is 0.654. The molecule has 2 aromatic heterocycles. The van der Waals surface area contributed by atoms with Gasteiger partial charge in [-0.15, -0.1) is 10.2 Å². The predicted molar refractivity (Wildman–Crippen MR) is 128 cm³/mol. The van der Waals surface area contributed by atoms with Gasteiger partial charge < -0.3 is 19.9 Å². The highest BCUT2D eigenvalue weighted by Gasteiger charge is 2.43. The minimum Gasteiger partial charge on any atom is -0.381 e. The van der Waals surface area contributed by atoms with E-state index in [2.05, 4.69) is 20.8 Å². The van der Waals surface area contributed by atoms with Crippen LogP contribution in [0.4, 0.5) is 5.82 Å². The van der Waals surface area contributed by atoms with Gasteiger partial charge in [0.2, 0.25) is 0 Å². The van der Waals surface area contributed by atoms with E-state index in [1.165, 1.54) is 44.9 Å². The molecule has 2 saturated heterocycles. The number of rotatable bonds is 7. The van der Waals surface area contributed by atoms with Crippen molar-refractivity contribution in [2.24, 2.45) is 23.7 Å². The Balaban J connectivity index is 1.06. The van der Waals surface area contributed by atoms with E-state index in [9.17, 15) is 4.79 Å². The van der Waals surface area contributed by atoms with Crippen molar-refractivity contribution in [2.45, 2.75) is 63.6 Å². The highest BCUT2D eigenvalue weighted by molar-refractivity contribution is 5.58. The summed E-state index contributed by atoms with van der Waals surface area (Å²) >= 11 is 0. The molecule has 0 bridgehead atoms. The molecule has 4 aliphatic rings. The van der Waals surface area contributed by atoms with Crippen molar-refractivity contribution in [1.82, 2.24) is 20.1 Å². The van der Waals surface area contributed by atoms with Gasteiger partial charge in [0.25, 0.3) is 5.56 Å². The van der Waals surface area contributed by atoms with Gasteiger partial charge in [-0.25, -0.2) is 0 Å². The van der Waals surface area contributed by atoms with Gasteiger partial charge in [0.15, 0.2) is 0 Å². The van der Waals surface area contributed by atoms with Crippen LogP contribution in [0.5, 0.6) is 0 Å². The third-order valence-electron chi connectivity index (χ3n) is 8.28. The Bertz CT molecular complexity index is 1010. The number of nitrogens with zero attached hydrogens (tertiary/aromatic N) is 3. The van der Waals surface area contributed by atoms with Crippen LogP contribution < -0.4 is 16.2 Å². The Morgan fingerprint density at radius 1 is 1.03 bits per heavy atom. The number of ether oxygens (including phenoxy) is 1. The quantitative estimate of drug-likeness (QED) is 0.675. The number of aromatic nitrogens is 3. The summed E-state index contributed by atoms with van der Waals surface area (Å²) in [5, 5.41) is 16.4. The maximum absolute atomic E-state index is 12.1. The molecule has 2 saturated carbocycles. The molecule has 7 heteroatoms. The average molecular weight is 450 g/mol. The molecule has 4 fully saturated rings. The molecule has 0 unspecified atom stereocenters. The van der Waals surface area contributed by atoms with E-state index in [1.807, 2.05) is 29.0 Å². The fourth-order valence-corrected chi connectivity index (χ4v) is 6.23. The van der Waals surface area contributed by atoms with Crippen LogP contribution in [0.25, 0.3) is 11.3 Å². The molecule has 4 atom stereocenters. The molecule has 2 aromatic rings. The summed E-state index contributed by atoms with van der Waals surface area (Å²) in [4.78, 5) is 12.1. The summed E-state index contributed by atoms with van der Waals surface area (Å²) in [5.74, 6) is 3.87. The number of anilines is 1. The normalized spacial score (nSPS) is 29.8. The molecule has 0 aromatic carbocycles. The van der Waals surface area contributed by atoms with Gasteiger partial charge in [-0.1, -0.05) is 0 Å². The molecule has 33 heavy (non-hydrogen) atoms. The summed E-state index contributed by atoms with van der Waals surface area (Å²) in [6.45, 7) is 3.84. The maximum Gasteiger partial charge on any atom is 0.250 e. The van der Waals surface area contributed by atoms with Gasteiger partial charge in [0, 0.05) is 49.7 Å². The second-order valence-electron chi connectivity index (χ2n) is 10.7. The first kappa shape index (κ1) is 21.3. The van der Waals surface area contributed by atoms with Crippen LogP contribution in [-0.2, 0) is 11.3 Å². The number of hydrogen-bond donors (Lipinski definition) is 2. The predicted octanol–water partition coefficient (Wildman–Crippen LogP) is 3.31. The minimum atomic E-state index is 0.0632. The molecule has 7 nitrogen and oxygen atoms in total. The second kappa shape index (κ2) is 9.18. The highest BCUT2D eigenvalue weighted by atomic mass is 16.5. The largest absolute Gasteiger partial charge is 0.381 e. The van der Waals surface area contributed by atoms with E-state index in [4.69, 9.17) is 4.74 Å². The SMILES string of the molecule is O=c1ccc(-c2ccc(N[C@H]3C[C@@H]4CN[C@@H](CC5CCOCC5)[C@H]4C3)nn2)cn1CC1CC1. The Hall–Kier alpha value is -2.25. The number of hydrogen-bond acceptors (Lipinski definition) is 6. The van der Waals surface area contributed by atoms with E-state index in [-0.39, 0.29) is 5.56 Å². The van der Waals surface area contributed by atoms with Crippen molar-refractivity contribution in [3.63, 3.8) is 0 Å². The van der Waals surface area contributed by atoms with E-state index in [0.29, 0.717) is 18.0 Å². The minimum absolute atomic E-state index is 0.0632. The summed E-state index contributed by atoms with van der Waals surface area (Å²) in [6, 6.07) is 8.68. The van der Waals surface area contributed by atoms with Crippen LogP contribution in [0.2, 0.25) is 0 Å². The molecule has 2 aliphatic heterocycles. The van der Waals surface area contributed by atoms with E-state index in [0.717, 1.165) is 61.1 Å². The standard InChI is InChI=1S/C26H35N5O2/c32-26-6-3-19(16-31(26)15-18-1-2-18)23-4-5-25(30-29-23)28-21-12-20-14-27-24(22(20)13-21)11-17-7-9-33-10-8-17/h3-6,16-18,20-22,24,27H,1-2,7-15H2,(H,28,30)/t20-,21+,22+,24+/m1/s1. The molecular weight excluding hydrogens is 414 g/mol. The maximum atomic E-state index is 12.1. The molecule has 6 rings (SSSR count). The first-order valence-electron chi connectivity index (χ1n) is 12.8. The van der Waals surface area contributed by atoms with Gasteiger partial charge in [-0.2, -0.15) is 0 Å². The van der Waals surface area contributed by atoms with Gasteiger partial charge >= 0.3 is 0 Å². The number of nitrogens with one attached hydrogen (secondary N) is 2.